The standard InChI is InChI=1S/C22H33N3O4/c1-14(2)18(23)20(26)24-12-11-16-19(24)17(28-15-9-7-6-8-10-15)13-25(16)21(27)29-22(3,4)5/h6-10,14,16-19H,11-13,23H2,1-5H3/t16-,17+,18+,19+/m1/s1. The zero-order valence-electron chi connectivity index (χ0n) is 18.0. The van der Waals surface area contributed by atoms with Crippen LogP contribution in [0.15, 0.2) is 30.3 Å². The third-order valence-electron chi connectivity index (χ3n) is 5.52. The second kappa shape index (κ2) is 8.22. The number of likely N-dealkylation sites (tertiary alicyclic amines) is 2. The summed E-state index contributed by atoms with van der Waals surface area (Å²) < 4.78 is 11.8. The molecule has 0 aliphatic carbocycles. The van der Waals surface area contributed by atoms with Gasteiger partial charge in [0.15, 0.2) is 0 Å². The summed E-state index contributed by atoms with van der Waals surface area (Å²) in [7, 11) is 0. The molecular weight excluding hydrogens is 370 g/mol. The fourth-order valence-corrected chi connectivity index (χ4v) is 4.07. The van der Waals surface area contributed by atoms with Crippen LogP contribution in [-0.4, -0.2) is 64.7 Å². The Balaban J connectivity index is 1.85. The van der Waals surface area contributed by atoms with Gasteiger partial charge in [0.25, 0.3) is 0 Å². The number of hydrogen-bond acceptors (Lipinski definition) is 5. The van der Waals surface area contributed by atoms with Gasteiger partial charge < -0.3 is 20.1 Å². The predicted octanol–water partition coefficient (Wildman–Crippen LogP) is 2.64. The van der Waals surface area contributed by atoms with Crippen molar-refractivity contribution in [2.75, 3.05) is 13.1 Å². The van der Waals surface area contributed by atoms with Crippen molar-refractivity contribution in [1.82, 2.24) is 9.80 Å². The van der Waals surface area contributed by atoms with Gasteiger partial charge in [-0.2, -0.15) is 0 Å². The number of nitrogens with two attached hydrogens (primary N) is 1. The van der Waals surface area contributed by atoms with Gasteiger partial charge in [0, 0.05) is 6.54 Å². The van der Waals surface area contributed by atoms with E-state index in [2.05, 4.69) is 0 Å². The van der Waals surface area contributed by atoms with E-state index in [1.807, 2.05) is 69.9 Å². The Bertz CT molecular complexity index is 731. The summed E-state index contributed by atoms with van der Waals surface area (Å²) >= 11 is 0. The second-order valence-corrected chi connectivity index (χ2v) is 9.25. The maximum atomic E-state index is 13.0. The molecule has 2 saturated heterocycles. The summed E-state index contributed by atoms with van der Waals surface area (Å²) in [6.07, 6.45) is -0.00962. The van der Waals surface area contributed by atoms with E-state index in [1.54, 1.807) is 4.90 Å². The third-order valence-corrected chi connectivity index (χ3v) is 5.52. The molecule has 29 heavy (non-hydrogen) atoms. The lowest BCUT2D eigenvalue weighted by molar-refractivity contribution is -0.135. The van der Waals surface area contributed by atoms with Crippen molar-refractivity contribution < 1.29 is 19.1 Å². The topological polar surface area (TPSA) is 85.1 Å². The van der Waals surface area contributed by atoms with Gasteiger partial charge in [-0.15, -0.1) is 0 Å². The molecule has 4 atom stereocenters. The molecule has 2 heterocycles. The molecule has 2 aliphatic heterocycles. The molecule has 7 heteroatoms. The Morgan fingerprint density at radius 2 is 1.79 bits per heavy atom. The third kappa shape index (κ3) is 4.66. The van der Waals surface area contributed by atoms with Crippen molar-refractivity contribution in [1.29, 1.82) is 0 Å². The number of benzene rings is 1. The van der Waals surface area contributed by atoms with Crippen LogP contribution in [0.25, 0.3) is 0 Å². The van der Waals surface area contributed by atoms with Crippen molar-refractivity contribution in [3.05, 3.63) is 30.3 Å². The van der Waals surface area contributed by atoms with Gasteiger partial charge >= 0.3 is 6.09 Å². The number of ether oxygens (including phenoxy) is 2. The Morgan fingerprint density at radius 1 is 1.14 bits per heavy atom. The van der Waals surface area contributed by atoms with E-state index in [4.69, 9.17) is 15.2 Å². The lowest BCUT2D eigenvalue weighted by Crippen LogP contribution is -2.53. The molecule has 1 aromatic rings. The summed E-state index contributed by atoms with van der Waals surface area (Å²) in [4.78, 5) is 29.4. The average molecular weight is 404 g/mol. The molecule has 0 radical (unpaired) electrons. The zero-order valence-corrected chi connectivity index (χ0v) is 18.0. The molecule has 1 aromatic carbocycles. The van der Waals surface area contributed by atoms with E-state index < -0.39 is 11.6 Å². The molecular formula is C22H33N3O4. The average Bonchev–Trinajstić information content (AvgIpc) is 3.21. The minimum Gasteiger partial charge on any atom is -0.486 e. The van der Waals surface area contributed by atoms with Crippen molar-refractivity contribution in [2.45, 2.75) is 70.9 Å². The first kappa shape index (κ1) is 21.4. The van der Waals surface area contributed by atoms with Crippen LogP contribution in [0.1, 0.15) is 41.0 Å². The highest BCUT2D eigenvalue weighted by atomic mass is 16.6. The van der Waals surface area contributed by atoms with Crippen LogP contribution >= 0.6 is 0 Å². The molecule has 2 N–H and O–H groups in total. The predicted molar refractivity (Wildman–Crippen MR) is 111 cm³/mol. The molecule has 2 amide bonds. The second-order valence-electron chi connectivity index (χ2n) is 9.25. The van der Waals surface area contributed by atoms with Crippen LogP contribution in [0.3, 0.4) is 0 Å². The number of fused-ring (bicyclic) bond motifs is 1. The van der Waals surface area contributed by atoms with Gasteiger partial charge in [-0.25, -0.2) is 4.79 Å². The van der Waals surface area contributed by atoms with E-state index >= 15 is 0 Å². The smallest absolute Gasteiger partial charge is 0.410 e. The Kier molecular flexibility index (Phi) is 6.08. The van der Waals surface area contributed by atoms with E-state index in [1.165, 1.54) is 0 Å². The number of amides is 2. The van der Waals surface area contributed by atoms with Crippen LogP contribution < -0.4 is 10.5 Å². The number of nitrogens with zero attached hydrogens (tertiary/aromatic N) is 2. The van der Waals surface area contributed by atoms with E-state index in [9.17, 15) is 9.59 Å². The van der Waals surface area contributed by atoms with Gasteiger partial charge in [0.2, 0.25) is 5.91 Å². The number of para-hydroxylation sites is 1. The zero-order chi connectivity index (χ0) is 21.3. The molecule has 2 aliphatic rings. The Labute approximate surface area is 173 Å². The minimum absolute atomic E-state index is 0.0402. The molecule has 0 spiro atoms. The fraction of sp³-hybridized carbons (Fsp3) is 0.636. The number of carbonyl (C=O) groups is 2. The summed E-state index contributed by atoms with van der Waals surface area (Å²) in [5, 5.41) is 0. The summed E-state index contributed by atoms with van der Waals surface area (Å²) in [6.45, 7) is 10.4. The molecule has 160 valence electrons. The number of hydrogen-bond donors (Lipinski definition) is 1. The number of rotatable bonds is 4. The van der Waals surface area contributed by atoms with Crippen molar-refractivity contribution >= 4 is 12.0 Å². The van der Waals surface area contributed by atoms with Crippen LogP contribution in [0.4, 0.5) is 4.79 Å². The van der Waals surface area contributed by atoms with Gasteiger partial charge in [-0.1, -0.05) is 32.0 Å². The van der Waals surface area contributed by atoms with Crippen molar-refractivity contribution in [3.63, 3.8) is 0 Å². The molecule has 0 aromatic heterocycles. The highest BCUT2D eigenvalue weighted by molar-refractivity contribution is 5.83. The highest BCUT2D eigenvalue weighted by Crippen LogP contribution is 2.35. The van der Waals surface area contributed by atoms with Gasteiger partial charge in [-0.3, -0.25) is 9.69 Å². The van der Waals surface area contributed by atoms with Crippen molar-refractivity contribution in [3.8, 4) is 5.75 Å². The lowest BCUT2D eigenvalue weighted by atomic mass is 10.0. The van der Waals surface area contributed by atoms with Crippen LogP contribution in [0, 0.1) is 5.92 Å². The molecule has 7 nitrogen and oxygen atoms in total. The first-order valence-electron chi connectivity index (χ1n) is 10.4. The minimum atomic E-state index is -0.584. The Morgan fingerprint density at radius 3 is 2.38 bits per heavy atom. The van der Waals surface area contributed by atoms with E-state index in [0.29, 0.717) is 19.5 Å². The monoisotopic (exact) mass is 403 g/mol. The fourth-order valence-electron chi connectivity index (χ4n) is 4.07. The maximum absolute atomic E-state index is 13.0. The first-order chi connectivity index (χ1) is 13.6. The summed E-state index contributed by atoms with van der Waals surface area (Å²) in [6, 6.07) is 8.55. The van der Waals surface area contributed by atoms with Crippen LogP contribution in [0.2, 0.25) is 0 Å². The summed E-state index contributed by atoms with van der Waals surface area (Å²) in [5.74, 6) is 0.674. The number of carbonyl (C=O) groups excluding carboxylic acids is 2. The molecule has 0 bridgehead atoms. The van der Waals surface area contributed by atoms with Crippen LogP contribution in [-0.2, 0) is 9.53 Å². The first-order valence-corrected chi connectivity index (χ1v) is 10.4. The van der Waals surface area contributed by atoms with Crippen LogP contribution in [0.5, 0.6) is 5.75 Å². The summed E-state index contributed by atoms with van der Waals surface area (Å²) in [5.41, 5.74) is 5.58. The lowest BCUT2D eigenvalue weighted by Gasteiger charge is -2.31. The van der Waals surface area contributed by atoms with E-state index in [0.717, 1.165) is 5.75 Å². The SMILES string of the molecule is CC(C)[C@H](N)C(=O)N1CC[C@@H]2[C@H]1[C@@H](Oc1ccccc1)CN2C(=O)OC(C)(C)C. The van der Waals surface area contributed by atoms with Gasteiger partial charge in [0.1, 0.15) is 17.5 Å². The molecule has 0 unspecified atom stereocenters. The molecule has 2 fully saturated rings. The normalized spacial score (nSPS) is 25.1. The quantitative estimate of drug-likeness (QED) is 0.835. The molecule has 3 rings (SSSR count). The van der Waals surface area contributed by atoms with Gasteiger partial charge in [-0.05, 0) is 45.2 Å². The Hall–Kier alpha value is -2.28. The van der Waals surface area contributed by atoms with Crippen molar-refractivity contribution in [2.24, 2.45) is 11.7 Å². The highest BCUT2D eigenvalue weighted by Gasteiger charge is 2.54. The maximum Gasteiger partial charge on any atom is 0.410 e. The van der Waals surface area contributed by atoms with E-state index in [-0.39, 0.29) is 36.1 Å². The molecule has 0 saturated carbocycles. The largest absolute Gasteiger partial charge is 0.486 e. The van der Waals surface area contributed by atoms with Gasteiger partial charge in [0.05, 0.1) is 24.7 Å².